The molecular formula is C25H23NO2S2. The first-order valence-corrected chi connectivity index (χ1v) is 11.4. The van der Waals surface area contributed by atoms with Crippen molar-refractivity contribution >= 4 is 40.2 Å². The van der Waals surface area contributed by atoms with E-state index in [2.05, 4.69) is 65.4 Å². The molecule has 152 valence electrons. The number of benzene rings is 4. The van der Waals surface area contributed by atoms with E-state index < -0.39 is 0 Å². The van der Waals surface area contributed by atoms with Crippen LogP contribution in [0.25, 0.3) is 10.8 Å². The minimum absolute atomic E-state index is 0.864. The predicted octanol–water partition coefficient (Wildman–Crippen LogP) is 7.27. The van der Waals surface area contributed by atoms with Crippen LogP contribution in [-0.2, 0) is 5.75 Å². The Morgan fingerprint density at radius 2 is 1.27 bits per heavy atom. The van der Waals surface area contributed by atoms with Gasteiger partial charge >= 0.3 is 0 Å². The van der Waals surface area contributed by atoms with Crippen LogP contribution in [0.15, 0.2) is 94.7 Å². The van der Waals surface area contributed by atoms with Crippen molar-refractivity contribution in [2.24, 2.45) is 0 Å². The summed E-state index contributed by atoms with van der Waals surface area (Å²) in [5, 5.41) is 2.50. The van der Waals surface area contributed by atoms with E-state index in [1.807, 2.05) is 36.0 Å². The Kier molecular flexibility index (Phi) is 6.72. The number of methoxy groups -OCH3 is 2. The molecule has 0 aliphatic rings. The molecule has 0 bridgehead atoms. The average Bonchev–Trinajstić information content (AvgIpc) is 2.82. The summed E-state index contributed by atoms with van der Waals surface area (Å²) in [6.07, 6.45) is 0. The highest BCUT2D eigenvalue weighted by Crippen LogP contribution is 2.34. The van der Waals surface area contributed by atoms with Crippen LogP contribution in [0.2, 0.25) is 0 Å². The Morgan fingerprint density at radius 3 is 1.90 bits per heavy atom. The molecule has 0 aliphatic heterocycles. The van der Waals surface area contributed by atoms with Crippen LogP contribution in [0.1, 0.15) is 5.56 Å². The van der Waals surface area contributed by atoms with Crippen molar-refractivity contribution in [3.8, 4) is 11.5 Å². The summed E-state index contributed by atoms with van der Waals surface area (Å²) in [7, 11) is 3.37. The molecule has 0 radical (unpaired) electrons. The average molecular weight is 434 g/mol. The molecule has 0 saturated carbocycles. The van der Waals surface area contributed by atoms with Crippen LogP contribution >= 0.6 is 23.7 Å². The molecule has 0 spiro atoms. The van der Waals surface area contributed by atoms with E-state index in [4.69, 9.17) is 9.47 Å². The van der Waals surface area contributed by atoms with Crippen molar-refractivity contribution in [3.63, 3.8) is 0 Å². The topological polar surface area (TPSA) is 30.5 Å². The van der Waals surface area contributed by atoms with Crippen LogP contribution in [0.3, 0.4) is 0 Å². The van der Waals surface area contributed by atoms with Crippen LogP contribution in [0.5, 0.6) is 11.5 Å². The summed E-state index contributed by atoms with van der Waals surface area (Å²) < 4.78 is 14.0. The van der Waals surface area contributed by atoms with Crippen molar-refractivity contribution < 1.29 is 9.47 Å². The molecule has 4 aromatic carbocycles. The lowest BCUT2D eigenvalue weighted by molar-refractivity contribution is 0.414. The maximum atomic E-state index is 5.24. The van der Waals surface area contributed by atoms with Gasteiger partial charge < -0.3 is 14.2 Å². The third-order valence-corrected chi connectivity index (χ3v) is 6.70. The lowest BCUT2D eigenvalue weighted by Crippen LogP contribution is -1.92. The van der Waals surface area contributed by atoms with Gasteiger partial charge in [-0.25, -0.2) is 0 Å². The van der Waals surface area contributed by atoms with Gasteiger partial charge in [-0.15, -0.1) is 11.8 Å². The zero-order valence-electron chi connectivity index (χ0n) is 16.9. The predicted molar refractivity (Wildman–Crippen MR) is 129 cm³/mol. The lowest BCUT2D eigenvalue weighted by atomic mass is 10.0. The molecule has 0 amide bonds. The number of nitrogens with one attached hydrogen (secondary N) is 1. The van der Waals surface area contributed by atoms with Crippen molar-refractivity contribution in [1.29, 1.82) is 0 Å². The van der Waals surface area contributed by atoms with E-state index in [1.165, 1.54) is 21.2 Å². The molecule has 0 fully saturated rings. The molecule has 3 nitrogen and oxygen atoms in total. The van der Waals surface area contributed by atoms with Crippen molar-refractivity contribution in [2.75, 3.05) is 18.9 Å². The van der Waals surface area contributed by atoms with Crippen molar-refractivity contribution in [2.45, 2.75) is 15.5 Å². The zero-order valence-corrected chi connectivity index (χ0v) is 18.6. The van der Waals surface area contributed by atoms with Gasteiger partial charge in [0.05, 0.1) is 19.9 Å². The Balaban J connectivity index is 1.50. The van der Waals surface area contributed by atoms with E-state index >= 15 is 0 Å². The van der Waals surface area contributed by atoms with E-state index in [-0.39, 0.29) is 0 Å². The number of rotatable bonds is 8. The van der Waals surface area contributed by atoms with Crippen LogP contribution < -0.4 is 14.2 Å². The second-order valence-electron chi connectivity index (χ2n) is 6.66. The summed E-state index contributed by atoms with van der Waals surface area (Å²) in [4.78, 5) is 2.37. The Labute approximate surface area is 185 Å². The molecule has 0 atom stereocenters. The first-order chi connectivity index (χ1) is 14.8. The quantitative estimate of drug-likeness (QED) is 0.233. The Bertz CT molecular complexity index is 1020. The van der Waals surface area contributed by atoms with Gasteiger partial charge in [0.1, 0.15) is 11.5 Å². The Hall–Kier alpha value is -2.76. The van der Waals surface area contributed by atoms with Gasteiger partial charge in [0.15, 0.2) is 0 Å². The number of anilines is 1. The van der Waals surface area contributed by atoms with Gasteiger partial charge in [0.25, 0.3) is 0 Å². The molecule has 0 aromatic heterocycles. The van der Waals surface area contributed by atoms with Crippen LogP contribution in [0, 0.1) is 0 Å². The third kappa shape index (κ3) is 4.86. The smallest absolute Gasteiger partial charge is 0.118 e. The minimum Gasteiger partial charge on any atom is -0.497 e. The monoisotopic (exact) mass is 433 g/mol. The number of hydrogen-bond acceptors (Lipinski definition) is 5. The summed E-state index contributed by atoms with van der Waals surface area (Å²) in [6, 6.07) is 29.2. The SMILES string of the molecule is COc1ccc(SCc2ccc(NSc3ccc(OC)cc3)c3ccccc23)cc1. The van der Waals surface area contributed by atoms with Gasteiger partial charge in [0, 0.05) is 20.9 Å². The molecular weight excluding hydrogens is 410 g/mol. The second-order valence-corrected chi connectivity index (χ2v) is 8.59. The molecule has 5 heteroatoms. The fraction of sp³-hybridized carbons (Fsp3) is 0.120. The second kappa shape index (κ2) is 9.83. The van der Waals surface area contributed by atoms with E-state index in [1.54, 1.807) is 26.2 Å². The highest BCUT2D eigenvalue weighted by Gasteiger charge is 2.07. The van der Waals surface area contributed by atoms with Crippen molar-refractivity contribution in [1.82, 2.24) is 0 Å². The lowest BCUT2D eigenvalue weighted by Gasteiger charge is -2.13. The third-order valence-electron chi connectivity index (χ3n) is 4.81. The molecule has 4 aromatic rings. The number of fused-ring (bicyclic) bond motifs is 1. The van der Waals surface area contributed by atoms with E-state index in [0.717, 1.165) is 27.8 Å². The molecule has 0 unspecified atom stereocenters. The summed E-state index contributed by atoms with van der Waals surface area (Å²) >= 11 is 3.44. The first kappa shape index (κ1) is 20.5. The van der Waals surface area contributed by atoms with Gasteiger partial charge in [-0.05, 0) is 77.5 Å². The largest absolute Gasteiger partial charge is 0.497 e. The van der Waals surface area contributed by atoms with Gasteiger partial charge in [0.2, 0.25) is 0 Å². The number of hydrogen-bond donors (Lipinski definition) is 1. The molecule has 0 saturated heterocycles. The van der Waals surface area contributed by atoms with Crippen LogP contribution in [0.4, 0.5) is 5.69 Å². The standard InChI is InChI=1S/C25H23NO2S2/c1-27-19-8-12-21(13-9-19)29-17-18-7-16-25(24-6-4-3-5-23(18)24)26-30-22-14-10-20(28-2)11-15-22/h3-16,26H,17H2,1-2H3. The van der Waals surface area contributed by atoms with Crippen LogP contribution in [-0.4, -0.2) is 14.2 Å². The number of thioether (sulfide) groups is 1. The fourth-order valence-corrected chi connectivity index (χ4v) is 4.75. The summed E-state index contributed by atoms with van der Waals surface area (Å²) in [5.41, 5.74) is 2.44. The van der Waals surface area contributed by atoms with Gasteiger partial charge in [-0.1, -0.05) is 30.3 Å². The minimum atomic E-state index is 0.864. The fourth-order valence-electron chi connectivity index (χ4n) is 3.17. The summed E-state index contributed by atoms with van der Waals surface area (Å²) in [5.74, 6) is 2.66. The zero-order chi connectivity index (χ0) is 20.8. The van der Waals surface area contributed by atoms with Gasteiger partial charge in [-0.2, -0.15) is 0 Å². The molecule has 0 aliphatic carbocycles. The normalized spacial score (nSPS) is 10.7. The highest BCUT2D eigenvalue weighted by molar-refractivity contribution is 8.00. The van der Waals surface area contributed by atoms with Crippen molar-refractivity contribution in [3.05, 3.63) is 90.5 Å². The molecule has 30 heavy (non-hydrogen) atoms. The summed E-state index contributed by atoms with van der Waals surface area (Å²) in [6.45, 7) is 0. The van der Waals surface area contributed by atoms with Gasteiger partial charge in [-0.3, -0.25) is 0 Å². The Morgan fingerprint density at radius 1 is 0.667 bits per heavy atom. The van der Waals surface area contributed by atoms with E-state index in [9.17, 15) is 0 Å². The molecule has 1 N–H and O–H groups in total. The first-order valence-electron chi connectivity index (χ1n) is 9.61. The highest BCUT2D eigenvalue weighted by atomic mass is 32.2. The molecule has 4 rings (SSSR count). The van der Waals surface area contributed by atoms with E-state index in [0.29, 0.717) is 0 Å². The maximum Gasteiger partial charge on any atom is 0.118 e. The maximum absolute atomic E-state index is 5.24. The number of ether oxygens (including phenoxy) is 2. The molecule has 0 heterocycles.